The number of benzene rings is 1. The molecule has 8 nitrogen and oxygen atoms in total. The minimum Gasteiger partial charge on any atom is -0.491 e. The number of nitrogens with zero attached hydrogens (tertiary/aromatic N) is 6. The number of hydrogen-bond donors (Lipinski definition) is 0. The second-order valence-corrected chi connectivity index (χ2v) is 7.99. The van der Waals surface area contributed by atoms with Crippen LogP contribution in [0.3, 0.4) is 0 Å². The van der Waals surface area contributed by atoms with Crippen LogP contribution < -0.4 is 10.2 Å². The van der Waals surface area contributed by atoms with E-state index < -0.39 is 0 Å². The third-order valence-electron chi connectivity index (χ3n) is 5.52. The standard InChI is InChI=1S/C22H22N6O2/c1-22(9-10-22)15-26-13-17(12-24-26)27-14-19(30-2)21(29)20(25-27)18-8-11-23-28(18)16-6-4-3-5-7-16/h3-8,11-14H,9-10,15H2,1-2H3. The maximum atomic E-state index is 13.0. The predicted molar refractivity (Wildman–Crippen MR) is 112 cm³/mol. The molecular weight excluding hydrogens is 380 g/mol. The van der Waals surface area contributed by atoms with Gasteiger partial charge in [0, 0.05) is 6.54 Å². The molecule has 3 aromatic heterocycles. The summed E-state index contributed by atoms with van der Waals surface area (Å²) in [5.74, 6) is 0.211. The molecule has 1 saturated carbocycles. The molecule has 0 radical (unpaired) electrons. The predicted octanol–water partition coefficient (Wildman–Crippen LogP) is 3.09. The van der Waals surface area contributed by atoms with E-state index in [0.29, 0.717) is 11.1 Å². The molecule has 1 aromatic carbocycles. The van der Waals surface area contributed by atoms with E-state index in [0.717, 1.165) is 17.9 Å². The van der Waals surface area contributed by atoms with Gasteiger partial charge in [-0.05, 0) is 36.5 Å². The zero-order chi connectivity index (χ0) is 20.7. The molecule has 0 spiro atoms. The highest BCUT2D eigenvalue weighted by Gasteiger charge is 2.37. The van der Waals surface area contributed by atoms with Gasteiger partial charge in [0.1, 0.15) is 5.69 Å². The lowest BCUT2D eigenvalue weighted by molar-refractivity contribution is 0.405. The van der Waals surface area contributed by atoms with Crippen LogP contribution >= 0.6 is 0 Å². The number of hydrogen-bond acceptors (Lipinski definition) is 5. The van der Waals surface area contributed by atoms with Gasteiger partial charge in [-0.25, -0.2) is 9.36 Å². The lowest BCUT2D eigenvalue weighted by Gasteiger charge is -2.11. The molecule has 0 unspecified atom stereocenters. The fourth-order valence-corrected chi connectivity index (χ4v) is 3.49. The van der Waals surface area contributed by atoms with Crippen molar-refractivity contribution >= 4 is 0 Å². The number of para-hydroxylation sites is 1. The fourth-order valence-electron chi connectivity index (χ4n) is 3.49. The lowest BCUT2D eigenvalue weighted by Crippen LogP contribution is -2.17. The van der Waals surface area contributed by atoms with E-state index in [1.54, 1.807) is 34.0 Å². The Kier molecular flexibility index (Phi) is 4.27. The minimum atomic E-state index is -0.288. The van der Waals surface area contributed by atoms with Crippen molar-refractivity contribution in [3.8, 4) is 28.5 Å². The van der Waals surface area contributed by atoms with Crippen molar-refractivity contribution in [2.24, 2.45) is 5.41 Å². The molecule has 1 aliphatic rings. The first-order valence-electron chi connectivity index (χ1n) is 9.87. The second kappa shape index (κ2) is 6.98. The lowest BCUT2D eigenvalue weighted by atomic mass is 10.1. The molecule has 8 heteroatoms. The summed E-state index contributed by atoms with van der Waals surface area (Å²) in [5.41, 5.74) is 2.52. The Morgan fingerprint density at radius 1 is 1.07 bits per heavy atom. The maximum Gasteiger partial charge on any atom is 0.251 e. The highest BCUT2D eigenvalue weighted by Crippen LogP contribution is 2.46. The monoisotopic (exact) mass is 402 g/mol. The first-order valence-corrected chi connectivity index (χ1v) is 9.87. The van der Waals surface area contributed by atoms with Crippen molar-refractivity contribution in [1.82, 2.24) is 29.3 Å². The number of rotatable bonds is 6. The van der Waals surface area contributed by atoms with Crippen LogP contribution in [-0.4, -0.2) is 36.5 Å². The van der Waals surface area contributed by atoms with Gasteiger partial charge in [0.25, 0.3) is 5.43 Å². The normalized spacial score (nSPS) is 14.6. The van der Waals surface area contributed by atoms with Gasteiger partial charge in [0.15, 0.2) is 11.4 Å². The molecule has 0 aliphatic heterocycles. The Hall–Kier alpha value is -3.68. The molecule has 0 saturated heterocycles. The third-order valence-corrected chi connectivity index (χ3v) is 5.52. The van der Waals surface area contributed by atoms with Gasteiger partial charge in [-0.3, -0.25) is 9.48 Å². The van der Waals surface area contributed by atoms with Crippen molar-refractivity contribution in [3.63, 3.8) is 0 Å². The highest BCUT2D eigenvalue weighted by atomic mass is 16.5. The molecule has 5 rings (SSSR count). The van der Waals surface area contributed by atoms with Crippen molar-refractivity contribution in [2.45, 2.75) is 26.3 Å². The van der Waals surface area contributed by atoms with Crippen LogP contribution in [0.25, 0.3) is 22.8 Å². The van der Waals surface area contributed by atoms with Crippen molar-refractivity contribution in [1.29, 1.82) is 0 Å². The quantitative estimate of drug-likeness (QED) is 0.495. The average Bonchev–Trinajstić information content (AvgIpc) is 3.13. The third kappa shape index (κ3) is 3.30. The van der Waals surface area contributed by atoms with Gasteiger partial charge in [-0.1, -0.05) is 25.1 Å². The number of aromatic nitrogens is 6. The first kappa shape index (κ1) is 18.4. The second-order valence-electron chi connectivity index (χ2n) is 7.99. The maximum absolute atomic E-state index is 13.0. The first-order chi connectivity index (χ1) is 14.6. The summed E-state index contributed by atoms with van der Waals surface area (Å²) in [6.07, 6.45) is 9.39. The van der Waals surface area contributed by atoms with Crippen LogP contribution in [0.5, 0.6) is 5.75 Å². The molecule has 1 fully saturated rings. The van der Waals surface area contributed by atoms with Gasteiger partial charge in [-0.15, -0.1) is 0 Å². The molecule has 0 amide bonds. The summed E-state index contributed by atoms with van der Waals surface area (Å²) in [4.78, 5) is 13.0. The summed E-state index contributed by atoms with van der Waals surface area (Å²) in [5, 5.41) is 13.5. The zero-order valence-electron chi connectivity index (χ0n) is 16.9. The molecule has 0 bridgehead atoms. The Morgan fingerprint density at radius 3 is 2.60 bits per heavy atom. The molecule has 0 N–H and O–H groups in total. The van der Waals surface area contributed by atoms with E-state index >= 15 is 0 Å². The zero-order valence-corrected chi connectivity index (χ0v) is 16.9. The molecule has 30 heavy (non-hydrogen) atoms. The SMILES string of the molecule is COc1cn(-c2cnn(CC3(C)CC3)c2)nc(-c2ccnn2-c2ccccc2)c1=O. The molecule has 152 valence electrons. The van der Waals surface area contributed by atoms with Gasteiger partial charge in [0.2, 0.25) is 0 Å². The summed E-state index contributed by atoms with van der Waals surface area (Å²) in [6, 6.07) is 11.4. The summed E-state index contributed by atoms with van der Waals surface area (Å²) < 4.78 is 10.6. The topological polar surface area (TPSA) is 79.8 Å². The van der Waals surface area contributed by atoms with Crippen LogP contribution in [0.4, 0.5) is 0 Å². The molecule has 0 atom stereocenters. The van der Waals surface area contributed by atoms with Crippen LogP contribution in [0.15, 0.2) is 66.0 Å². The number of methoxy groups -OCH3 is 1. The Morgan fingerprint density at radius 2 is 1.87 bits per heavy atom. The largest absolute Gasteiger partial charge is 0.491 e. The van der Waals surface area contributed by atoms with Crippen molar-refractivity contribution in [2.75, 3.05) is 7.11 Å². The van der Waals surface area contributed by atoms with E-state index in [2.05, 4.69) is 22.2 Å². The van der Waals surface area contributed by atoms with Gasteiger partial charge in [0.05, 0.1) is 43.3 Å². The molecule has 3 heterocycles. The Labute approximate surface area is 173 Å². The minimum absolute atomic E-state index is 0.211. The van der Waals surface area contributed by atoms with Gasteiger partial charge < -0.3 is 4.74 Å². The van der Waals surface area contributed by atoms with E-state index in [1.165, 1.54) is 20.0 Å². The van der Waals surface area contributed by atoms with Gasteiger partial charge in [-0.2, -0.15) is 15.3 Å². The van der Waals surface area contributed by atoms with E-state index in [4.69, 9.17) is 4.74 Å². The van der Waals surface area contributed by atoms with Crippen LogP contribution in [0.2, 0.25) is 0 Å². The molecule has 4 aromatic rings. The molecule has 1 aliphatic carbocycles. The fraction of sp³-hybridized carbons (Fsp3) is 0.273. The van der Waals surface area contributed by atoms with Gasteiger partial charge >= 0.3 is 0 Å². The van der Waals surface area contributed by atoms with E-state index in [-0.39, 0.29) is 16.9 Å². The van der Waals surface area contributed by atoms with E-state index in [1.807, 2.05) is 41.2 Å². The Bertz CT molecular complexity index is 1250. The molecular formula is C22H22N6O2. The summed E-state index contributed by atoms with van der Waals surface area (Å²) in [6.45, 7) is 3.13. The van der Waals surface area contributed by atoms with Crippen LogP contribution in [0, 0.1) is 5.41 Å². The van der Waals surface area contributed by atoms with Crippen LogP contribution in [0.1, 0.15) is 19.8 Å². The van der Waals surface area contributed by atoms with Crippen LogP contribution in [-0.2, 0) is 6.54 Å². The van der Waals surface area contributed by atoms with Crippen molar-refractivity contribution in [3.05, 3.63) is 71.4 Å². The smallest absolute Gasteiger partial charge is 0.251 e. The van der Waals surface area contributed by atoms with E-state index in [9.17, 15) is 4.79 Å². The Balaban J connectivity index is 1.59. The average molecular weight is 402 g/mol. The summed E-state index contributed by atoms with van der Waals surface area (Å²) in [7, 11) is 1.48. The summed E-state index contributed by atoms with van der Waals surface area (Å²) >= 11 is 0. The van der Waals surface area contributed by atoms with Crippen molar-refractivity contribution < 1.29 is 4.74 Å². The highest BCUT2D eigenvalue weighted by molar-refractivity contribution is 5.59. The number of ether oxygens (including phenoxy) is 1.